The molecule has 0 bridgehead atoms. The van der Waals surface area contributed by atoms with E-state index < -0.39 is 5.91 Å². The number of H-pyrrole nitrogens is 2. The molecule has 0 radical (unpaired) electrons. The molecule has 94 valence electrons. The largest absolute Gasteiger partial charge is 0.364 e. The van der Waals surface area contributed by atoms with Gasteiger partial charge in [-0.3, -0.25) is 4.79 Å². The molecule has 7 nitrogen and oxygen atoms in total. The van der Waals surface area contributed by atoms with E-state index in [4.69, 9.17) is 5.73 Å². The summed E-state index contributed by atoms with van der Waals surface area (Å²) < 4.78 is 0. The zero-order valence-corrected chi connectivity index (χ0v) is 9.79. The number of hydrogen-bond acceptors (Lipinski definition) is 4. The number of aromatic amines is 2. The first-order valence-electron chi connectivity index (χ1n) is 5.57. The standard InChI is InChI=1S/C12H10N6O/c13-11(19)10-9(16-18-17-10)7-3-1-2-4-8(7)12-14-5-6-15-12/h1-6H,(H2,13,19)(H,14,15)(H,16,17,18). The van der Waals surface area contributed by atoms with Crippen molar-refractivity contribution in [3.05, 3.63) is 42.4 Å². The van der Waals surface area contributed by atoms with Crippen LogP contribution in [0.4, 0.5) is 0 Å². The third-order valence-electron chi connectivity index (χ3n) is 2.72. The number of nitrogens with two attached hydrogens (primary N) is 1. The Bertz CT molecular complexity index is 715. The summed E-state index contributed by atoms with van der Waals surface area (Å²) in [7, 11) is 0. The fraction of sp³-hybridized carbons (Fsp3) is 0. The first-order valence-corrected chi connectivity index (χ1v) is 5.57. The van der Waals surface area contributed by atoms with E-state index in [-0.39, 0.29) is 5.69 Å². The van der Waals surface area contributed by atoms with Gasteiger partial charge in [0.05, 0.1) is 0 Å². The summed E-state index contributed by atoms with van der Waals surface area (Å²) >= 11 is 0. The van der Waals surface area contributed by atoms with Gasteiger partial charge in [0.2, 0.25) is 0 Å². The van der Waals surface area contributed by atoms with E-state index in [1.807, 2.05) is 24.3 Å². The Balaban J connectivity index is 2.21. The molecule has 0 saturated heterocycles. The van der Waals surface area contributed by atoms with Gasteiger partial charge in [0, 0.05) is 23.5 Å². The second-order valence-corrected chi connectivity index (χ2v) is 3.87. The molecule has 1 aromatic carbocycles. The van der Waals surface area contributed by atoms with Crippen molar-refractivity contribution in [3.63, 3.8) is 0 Å². The molecule has 1 amide bonds. The van der Waals surface area contributed by atoms with Crippen molar-refractivity contribution in [2.45, 2.75) is 0 Å². The SMILES string of the molecule is NC(=O)c1n[nH]nc1-c1ccccc1-c1ncc[nH]1. The first-order chi connectivity index (χ1) is 9.27. The molecule has 0 saturated carbocycles. The highest BCUT2D eigenvalue weighted by Crippen LogP contribution is 2.29. The molecule has 4 N–H and O–H groups in total. The molecular formula is C12H10N6O. The van der Waals surface area contributed by atoms with Crippen LogP contribution in [0.25, 0.3) is 22.6 Å². The quantitative estimate of drug-likeness (QED) is 0.645. The summed E-state index contributed by atoms with van der Waals surface area (Å²) in [5.74, 6) is 0.0621. The van der Waals surface area contributed by atoms with Crippen molar-refractivity contribution in [2.24, 2.45) is 5.73 Å². The van der Waals surface area contributed by atoms with Crippen molar-refractivity contribution in [1.82, 2.24) is 25.4 Å². The Hall–Kier alpha value is -2.96. The molecule has 0 unspecified atom stereocenters. The average Bonchev–Trinajstić information content (AvgIpc) is 3.10. The molecule has 0 fully saturated rings. The smallest absolute Gasteiger partial charge is 0.271 e. The molecule has 0 spiro atoms. The number of primary amides is 1. The highest BCUT2D eigenvalue weighted by atomic mass is 16.1. The number of amides is 1. The summed E-state index contributed by atoms with van der Waals surface area (Å²) in [4.78, 5) is 18.6. The number of benzene rings is 1. The van der Waals surface area contributed by atoms with Crippen LogP contribution in [0, 0.1) is 0 Å². The highest BCUT2D eigenvalue weighted by Gasteiger charge is 2.18. The zero-order chi connectivity index (χ0) is 13.2. The second kappa shape index (κ2) is 4.37. The summed E-state index contributed by atoms with van der Waals surface area (Å²) in [5, 5.41) is 10.2. The third kappa shape index (κ3) is 1.86. The maximum Gasteiger partial charge on any atom is 0.271 e. The number of hydrogen-bond donors (Lipinski definition) is 3. The minimum atomic E-state index is -0.627. The van der Waals surface area contributed by atoms with Crippen LogP contribution in [0.5, 0.6) is 0 Å². The van der Waals surface area contributed by atoms with E-state index in [1.54, 1.807) is 12.4 Å². The monoisotopic (exact) mass is 254 g/mol. The van der Waals surface area contributed by atoms with Gasteiger partial charge in [0.15, 0.2) is 5.69 Å². The molecule has 0 aliphatic heterocycles. The van der Waals surface area contributed by atoms with Crippen molar-refractivity contribution in [1.29, 1.82) is 0 Å². The number of nitrogens with zero attached hydrogens (tertiary/aromatic N) is 3. The maximum absolute atomic E-state index is 11.3. The van der Waals surface area contributed by atoms with Crippen LogP contribution in [-0.2, 0) is 0 Å². The van der Waals surface area contributed by atoms with Crippen LogP contribution in [-0.4, -0.2) is 31.3 Å². The fourth-order valence-corrected chi connectivity index (χ4v) is 1.90. The summed E-state index contributed by atoms with van der Waals surface area (Å²) in [6.45, 7) is 0. The van der Waals surface area contributed by atoms with Crippen molar-refractivity contribution in [3.8, 4) is 22.6 Å². The van der Waals surface area contributed by atoms with Gasteiger partial charge in [-0.25, -0.2) is 4.98 Å². The van der Waals surface area contributed by atoms with Gasteiger partial charge in [-0.2, -0.15) is 15.4 Å². The van der Waals surface area contributed by atoms with Gasteiger partial charge in [-0.15, -0.1) is 0 Å². The normalized spacial score (nSPS) is 10.5. The molecule has 2 heterocycles. The highest BCUT2D eigenvalue weighted by molar-refractivity contribution is 5.98. The van der Waals surface area contributed by atoms with Crippen LogP contribution in [0.15, 0.2) is 36.7 Å². The Morgan fingerprint density at radius 2 is 1.95 bits per heavy atom. The minimum absolute atomic E-state index is 0.110. The van der Waals surface area contributed by atoms with Crippen LogP contribution < -0.4 is 5.73 Å². The molecule has 0 atom stereocenters. The molecule has 7 heteroatoms. The van der Waals surface area contributed by atoms with Crippen LogP contribution in [0.1, 0.15) is 10.5 Å². The lowest BCUT2D eigenvalue weighted by atomic mass is 10.0. The molecular weight excluding hydrogens is 244 g/mol. The fourth-order valence-electron chi connectivity index (χ4n) is 1.90. The second-order valence-electron chi connectivity index (χ2n) is 3.87. The summed E-state index contributed by atoms with van der Waals surface area (Å²) in [6.07, 6.45) is 3.38. The van der Waals surface area contributed by atoms with Gasteiger partial charge < -0.3 is 10.7 Å². The molecule has 2 aromatic heterocycles. The number of aromatic nitrogens is 5. The predicted molar refractivity (Wildman–Crippen MR) is 67.9 cm³/mol. The summed E-state index contributed by atoms with van der Waals surface area (Å²) in [5.41, 5.74) is 7.37. The van der Waals surface area contributed by atoms with Crippen molar-refractivity contribution < 1.29 is 4.79 Å². The van der Waals surface area contributed by atoms with Gasteiger partial charge in [0.1, 0.15) is 11.5 Å². The Labute approximate surface area is 107 Å². The zero-order valence-electron chi connectivity index (χ0n) is 9.79. The van der Waals surface area contributed by atoms with E-state index in [0.29, 0.717) is 11.5 Å². The molecule has 3 aromatic rings. The summed E-state index contributed by atoms with van der Waals surface area (Å²) in [6, 6.07) is 7.45. The number of rotatable bonds is 3. The topological polar surface area (TPSA) is 113 Å². The van der Waals surface area contributed by atoms with Crippen molar-refractivity contribution >= 4 is 5.91 Å². The third-order valence-corrected chi connectivity index (χ3v) is 2.72. The molecule has 19 heavy (non-hydrogen) atoms. The number of nitrogens with one attached hydrogen (secondary N) is 2. The maximum atomic E-state index is 11.3. The van der Waals surface area contributed by atoms with Crippen LogP contribution in [0.3, 0.4) is 0 Å². The predicted octanol–water partition coefficient (Wildman–Crippen LogP) is 0.961. The van der Waals surface area contributed by atoms with Crippen LogP contribution in [0.2, 0.25) is 0 Å². The Morgan fingerprint density at radius 3 is 2.63 bits per heavy atom. The van der Waals surface area contributed by atoms with E-state index >= 15 is 0 Å². The lowest BCUT2D eigenvalue weighted by molar-refractivity contribution is 0.0996. The van der Waals surface area contributed by atoms with Gasteiger partial charge in [-0.05, 0) is 0 Å². The number of carbonyl (C=O) groups is 1. The van der Waals surface area contributed by atoms with E-state index in [0.717, 1.165) is 11.1 Å². The Kier molecular flexibility index (Phi) is 2.57. The minimum Gasteiger partial charge on any atom is -0.364 e. The van der Waals surface area contributed by atoms with Gasteiger partial charge >= 0.3 is 0 Å². The van der Waals surface area contributed by atoms with E-state index in [9.17, 15) is 4.79 Å². The van der Waals surface area contributed by atoms with Gasteiger partial charge in [0.25, 0.3) is 5.91 Å². The number of imidazole rings is 1. The lowest BCUT2D eigenvalue weighted by Gasteiger charge is -2.05. The van der Waals surface area contributed by atoms with Crippen molar-refractivity contribution in [2.75, 3.05) is 0 Å². The molecule has 3 rings (SSSR count). The van der Waals surface area contributed by atoms with Gasteiger partial charge in [-0.1, -0.05) is 24.3 Å². The van der Waals surface area contributed by atoms with E-state index in [2.05, 4.69) is 25.4 Å². The van der Waals surface area contributed by atoms with Crippen LogP contribution >= 0.6 is 0 Å². The first kappa shape index (κ1) is 11.1. The Morgan fingerprint density at radius 1 is 1.16 bits per heavy atom. The molecule has 0 aliphatic rings. The lowest BCUT2D eigenvalue weighted by Crippen LogP contribution is -2.12. The van der Waals surface area contributed by atoms with E-state index in [1.165, 1.54) is 0 Å². The molecule has 0 aliphatic carbocycles. The number of carbonyl (C=O) groups excluding carboxylic acids is 1. The average molecular weight is 254 g/mol.